The Morgan fingerprint density at radius 3 is 2.82 bits per heavy atom. The van der Waals surface area contributed by atoms with Crippen LogP contribution >= 0.6 is 12.4 Å². The molecule has 1 heterocycles. The van der Waals surface area contributed by atoms with Crippen LogP contribution in [0.5, 0.6) is 0 Å². The van der Waals surface area contributed by atoms with Crippen LogP contribution in [0.3, 0.4) is 0 Å². The standard InChI is InChI=1S/C17H26N2O2.ClH/c1-2-7-15(18)17(20)19-12-14-10-6-11-21-16(14)13-8-4-3-5-9-13;/h3-5,8-9,14-16H,2,6-7,10-12,18H2,1H3,(H,19,20);1H. The van der Waals surface area contributed by atoms with E-state index in [2.05, 4.69) is 17.4 Å². The zero-order chi connectivity index (χ0) is 15.1. The molecule has 3 atom stereocenters. The van der Waals surface area contributed by atoms with Gasteiger partial charge in [-0.1, -0.05) is 43.7 Å². The van der Waals surface area contributed by atoms with Crippen LogP contribution in [-0.4, -0.2) is 25.1 Å². The summed E-state index contributed by atoms with van der Waals surface area (Å²) >= 11 is 0. The average molecular weight is 327 g/mol. The first kappa shape index (κ1) is 18.9. The second kappa shape index (κ2) is 9.82. The third-order valence-corrected chi connectivity index (χ3v) is 4.05. The summed E-state index contributed by atoms with van der Waals surface area (Å²) in [5.41, 5.74) is 7.04. The molecule has 3 N–H and O–H groups in total. The average Bonchev–Trinajstić information content (AvgIpc) is 2.54. The zero-order valence-electron chi connectivity index (χ0n) is 13.2. The Hall–Kier alpha value is -1.10. The van der Waals surface area contributed by atoms with E-state index in [9.17, 15) is 4.79 Å². The van der Waals surface area contributed by atoms with Crippen LogP contribution in [0.1, 0.15) is 44.3 Å². The highest BCUT2D eigenvalue weighted by atomic mass is 35.5. The van der Waals surface area contributed by atoms with Crippen LogP contribution in [-0.2, 0) is 9.53 Å². The lowest BCUT2D eigenvalue weighted by molar-refractivity contribution is -0.123. The van der Waals surface area contributed by atoms with Crippen molar-refractivity contribution in [3.8, 4) is 0 Å². The van der Waals surface area contributed by atoms with E-state index in [1.807, 2.05) is 25.1 Å². The first-order valence-electron chi connectivity index (χ1n) is 7.92. The molecular formula is C17H27ClN2O2. The van der Waals surface area contributed by atoms with Crippen molar-refractivity contribution in [3.05, 3.63) is 35.9 Å². The predicted octanol–water partition coefficient (Wildman–Crippen LogP) is 2.82. The number of nitrogens with two attached hydrogens (primary N) is 1. The Bertz CT molecular complexity index is 442. The second-order valence-electron chi connectivity index (χ2n) is 5.74. The second-order valence-corrected chi connectivity index (χ2v) is 5.74. The third-order valence-electron chi connectivity index (χ3n) is 4.05. The van der Waals surface area contributed by atoms with Crippen LogP contribution in [0, 0.1) is 5.92 Å². The summed E-state index contributed by atoms with van der Waals surface area (Å²) < 4.78 is 5.93. The fourth-order valence-corrected chi connectivity index (χ4v) is 2.87. The number of benzene rings is 1. The molecule has 1 amide bonds. The smallest absolute Gasteiger partial charge is 0.236 e. The number of amides is 1. The van der Waals surface area contributed by atoms with E-state index < -0.39 is 6.04 Å². The molecule has 4 nitrogen and oxygen atoms in total. The number of carbonyl (C=O) groups excluding carboxylic acids is 1. The maximum atomic E-state index is 11.9. The summed E-state index contributed by atoms with van der Waals surface area (Å²) in [6, 6.07) is 9.85. The largest absolute Gasteiger partial charge is 0.373 e. The molecule has 1 aromatic rings. The molecule has 1 saturated heterocycles. The Kier molecular flexibility index (Phi) is 8.46. The molecule has 2 rings (SSSR count). The number of hydrogen-bond donors (Lipinski definition) is 2. The van der Waals surface area contributed by atoms with Crippen molar-refractivity contribution in [1.29, 1.82) is 0 Å². The summed E-state index contributed by atoms with van der Waals surface area (Å²) in [5.74, 6) is 0.271. The van der Waals surface area contributed by atoms with Gasteiger partial charge in [-0.2, -0.15) is 0 Å². The molecule has 0 saturated carbocycles. The molecule has 1 aromatic carbocycles. The van der Waals surface area contributed by atoms with Gasteiger partial charge in [-0.15, -0.1) is 12.4 Å². The lowest BCUT2D eigenvalue weighted by Crippen LogP contribution is -2.43. The lowest BCUT2D eigenvalue weighted by Gasteiger charge is -2.32. The molecule has 1 aliphatic heterocycles. The monoisotopic (exact) mass is 326 g/mol. The van der Waals surface area contributed by atoms with Gasteiger partial charge in [0.15, 0.2) is 0 Å². The minimum absolute atomic E-state index is 0. The van der Waals surface area contributed by atoms with Gasteiger partial charge in [0, 0.05) is 19.1 Å². The SMILES string of the molecule is CCCC(N)C(=O)NCC1CCCOC1c1ccccc1.Cl. The van der Waals surface area contributed by atoms with Gasteiger partial charge in [0.05, 0.1) is 12.1 Å². The highest BCUT2D eigenvalue weighted by Gasteiger charge is 2.28. The normalized spacial score (nSPS) is 22.5. The van der Waals surface area contributed by atoms with Crippen molar-refractivity contribution >= 4 is 18.3 Å². The fourth-order valence-electron chi connectivity index (χ4n) is 2.87. The molecule has 5 heteroatoms. The number of halogens is 1. The van der Waals surface area contributed by atoms with Gasteiger partial charge in [0.2, 0.25) is 5.91 Å². The van der Waals surface area contributed by atoms with E-state index in [1.54, 1.807) is 0 Å². The van der Waals surface area contributed by atoms with E-state index in [0.717, 1.165) is 32.3 Å². The highest BCUT2D eigenvalue weighted by molar-refractivity contribution is 5.85. The third kappa shape index (κ3) is 5.27. The minimum Gasteiger partial charge on any atom is -0.373 e. The first-order chi connectivity index (χ1) is 10.2. The summed E-state index contributed by atoms with van der Waals surface area (Å²) in [4.78, 5) is 11.9. The first-order valence-corrected chi connectivity index (χ1v) is 7.92. The zero-order valence-corrected chi connectivity index (χ0v) is 14.0. The molecular weight excluding hydrogens is 300 g/mol. The van der Waals surface area contributed by atoms with Gasteiger partial charge < -0.3 is 15.8 Å². The summed E-state index contributed by atoms with van der Waals surface area (Å²) in [6.07, 6.45) is 3.85. The van der Waals surface area contributed by atoms with Crippen molar-refractivity contribution < 1.29 is 9.53 Å². The molecule has 0 spiro atoms. The Morgan fingerprint density at radius 1 is 1.41 bits per heavy atom. The number of nitrogens with one attached hydrogen (secondary N) is 1. The van der Waals surface area contributed by atoms with Crippen LogP contribution in [0.4, 0.5) is 0 Å². The number of rotatable bonds is 6. The molecule has 3 unspecified atom stereocenters. The molecule has 0 aromatic heterocycles. The van der Waals surface area contributed by atoms with Gasteiger partial charge in [-0.3, -0.25) is 4.79 Å². The quantitative estimate of drug-likeness (QED) is 0.845. The molecule has 124 valence electrons. The summed E-state index contributed by atoms with van der Waals surface area (Å²) in [6.45, 7) is 3.46. The molecule has 1 aliphatic rings. The highest BCUT2D eigenvalue weighted by Crippen LogP contribution is 2.33. The van der Waals surface area contributed by atoms with Gasteiger partial charge in [-0.25, -0.2) is 0 Å². The predicted molar refractivity (Wildman–Crippen MR) is 91.0 cm³/mol. The summed E-state index contributed by atoms with van der Waals surface area (Å²) in [7, 11) is 0. The minimum atomic E-state index is -0.394. The maximum Gasteiger partial charge on any atom is 0.236 e. The number of hydrogen-bond acceptors (Lipinski definition) is 3. The van der Waals surface area contributed by atoms with E-state index in [0.29, 0.717) is 12.5 Å². The van der Waals surface area contributed by atoms with E-state index in [4.69, 9.17) is 10.5 Å². The van der Waals surface area contributed by atoms with E-state index in [1.165, 1.54) is 5.56 Å². The van der Waals surface area contributed by atoms with Crippen molar-refractivity contribution in [2.45, 2.75) is 44.8 Å². The van der Waals surface area contributed by atoms with Crippen molar-refractivity contribution in [1.82, 2.24) is 5.32 Å². The summed E-state index contributed by atoms with van der Waals surface area (Å²) in [5, 5.41) is 2.99. The van der Waals surface area contributed by atoms with Crippen molar-refractivity contribution in [2.24, 2.45) is 11.7 Å². The Morgan fingerprint density at radius 2 is 2.14 bits per heavy atom. The topological polar surface area (TPSA) is 64.4 Å². The fraction of sp³-hybridized carbons (Fsp3) is 0.588. The lowest BCUT2D eigenvalue weighted by atomic mass is 9.89. The van der Waals surface area contributed by atoms with Crippen LogP contribution in [0.2, 0.25) is 0 Å². The number of carbonyl (C=O) groups is 1. The van der Waals surface area contributed by atoms with Gasteiger partial charge in [-0.05, 0) is 24.8 Å². The van der Waals surface area contributed by atoms with Crippen LogP contribution < -0.4 is 11.1 Å². The van der Waals surface area contributed by atoms with Gasteiger partial charge in [0.25, 0.3) is 0 Å². The van der Waals surface area contributed by atoms with E-state index >= 15 is 0 Å². The Balaban J connectivity index is 0.00000242. The van der Waals surface area contributed by atoms with Crippen LogP contribution in [0.15, 0.2) is 30.3 Å². The molecule has 0 bridgehead atoms. The maximum absolute atomic E-state index is 11.9. The molecule has 22 heavy (non-hydrogen) atoms. The van der Waals surface area contributed by atoms with E-state index in [-0.39, 0.29) is 24.4 Å². The van der Waals surface area contributed by atoms with Crippen molar-refractivity contribution in [3.63, 3.8) is 0 Å². The van der Waals surface area contributed by atoms with Gasteiger partial charge >= 0.3 is 0 Å². The van der Waals surface area contributed by atoms with Crippen LogP contribution in [0.25, 0.3) is 0 Å². The molecule has 0 radical (unpaired) electrons. The van der Waals surface area contributed by atoms with Crippen molar-refractivity contribution in [2.75, 3.05) is 13.2 Å². The number of ether oxygens (including phenoxy) is 1. The van der Waals surface area contributed by atoms with Gasteiger partial charge in [0.1, 0.15) is 0 Å². The molecule has 0 aliphatic carbocycles. The molecule has 1 fully saturated rings. The Labute approximate surface area is 139 Å².